The Hall–Kier alpha value is -0.950. The lowest BCUT2D eigenvalue weighted by Crippen LogP contribution is -2.23. The number of hydrogen-bond donors (Lipinski definition) is 2. The molecule has 5 nitrogen and oxygen atoms in total. The zero-order valence-electron chi connectivity index (χ0n) is 10.7. The molecule has 3 N–H and O–H groups in total. The summed E-state index contributed by atoms with van der Waals surface area (Å²) in [5, 5.41) is 8.32. The van der Waals surface area contributed by atoms with E-state index < -0.39 is 10.0 Å². The first-order chi connectivity index (χ1) is 8.45. The quantitative estimate of drug-likeness (QED) is 0.726. The van der Waals surface area contributed by atoms with E-state index in [1.54, 1.807) is 12.1 Å². The van der Waals surface area contributed by atoms with Crippen LogP contribution in [0.15, 0.2) is 29.2 Å². The lowest BCUT2D eigenvalue weighted by molar-refractivity contribution is 0.147. The summed E-state index contributed by atoms with van der Waals surface area (Å²) in [5.41, 5.74) is 1.01. The van der Waals surface area contributed by atoms with Gasteiger partial charge in [-0.1, -0.05) is 12.1 Å². The second kappa shape index (κ2) is 6.84. The van der Waals surface area contributed by atoms with Gasteiger partial charge in [-0.2, -0.15) is 0 Å². The molecule has 0 aliphatic heterocycles. The van der Waals surface area contributed by atoms with Crippen molar-refractivity contribution in [3.8, 4) is 0 Å². The van der Waals surface area contributed by atoms with Gasteiger partial charge in [0, 0.05) is 19.2 Å². The molecule has 102 valence electrons. The Morgan fingerprint density at radius 2 is 1.94 bits per heavy atom. The summed E-state index contributed by atoms with van der Waals surface area (Å²) >= 11 is 0. The third kappa shape index (κ3) is 4.73. The van der Waals surface area contributed by atoms with Crippen molar-refractivity contribution in [2.75, 3.05) is 19.8 Å². The average Bonchev–Trinajstić information content (AvgIpc) is 2.33. The largest absolute Gasteiger partial charge is 0.380 e. The number of primary sulfonamides is 1. The Labute approximate surface area is 108 Å². The van der Waals surface area contributed by atoms with Gasteiger partial charge in [-0.05, 0) is 31.5 Å². The first-order valence-corrected chi connectivity index (χ1v) is 7.43. The van der Waals surface area contributed by atoms with Crippen molar-refractivity contribution >= 4 is 10.0 Å². The molecule has 1 atom stereocenters. The van der Waals surface area contributed by atoms with E-state index in [2.05, 4.69) is 5.32 Å². The normalized spacial score (nSPS) is 13.5. The van der Waals surface area contributed by atoms with Gasteiger partial charge in [0.2, 0.25) is 10.0 Å². The molecule has 0 amide bonds. The summed E-state index contributed by atoms with van der Waals surface area (Å²) in [6.45, 7) is 6.09. The van der Waals surface area contributed by atoms with E-state index in [0.717, 1.165) is 12.1 Å². The van der Waals surface area contributed by atoms with Crippen LogP contribution in [0, 0.1) is 0 Å². The van der Waals surface area contributed by atoms with E-state index in [9.17, 15) is 8.42 Å². The molecule has 1 unspecified atom stereocenters. The second-order valence-corrected chi connectivity index (χ2v) is 5.55. The van der Waals surface area contributed by atoms with Crippen molar-refractivity contribution in [1.29, 1.82) is 0 Å². The molecule has 1 aromatic carbocycles. The highest BCUT2D eigenvalue weighted by Gasteiger charge is 2.09. The van der Waals surface area contributed by atoms with Crippen LogP contribution in [-0.2, 0) is 14.8 Å². The number of nitrogens with two attached hydrogens (primary N) is 1. The van der Waals surface area contributed by atoms with Gasteiger partial charge in [-0.3, -0.25) is 0 Å². The minimum atomic E-state index is -3.61. The molecular weight excluding hydrogens is 252 g/mol. The Morgan fingerprint density at radius 3 is 2.44 bits per heavy atom. The van der Waals surface area contributed by atoms with Crippen molar-refractivity contribution in [2.45, 2.75) is 24.8 Å². The van der Waals surface area contributed by atoms with Crippen LogP contribution in [0.5, 0.6) is 0 Å². The van der Waals surface area contributed by atoms with Crippen LogP contribution in [-0.4, -0.2) is 28.2 Å². The van der Waals surface area contributed by atoms with E-state index >= 15 is 0 Å². The summed E-state index contributed by atoms with van der Waals surface area (Å²) in [5.74, 6) is 0. The van der Waals surface area contributed by atoms with Crippen molar-refractivity contribution in [1.82, 2.24) is 5.32 Å². The Bertz CT molecular complexity index is 457. The monoisotopic (exact) mass is 272 g/mol. The molecular formula is C12H20N2O3S. The van der Waals surface area contributed by atoms with E-state index in [-0.39, 0.29) is 10.9 Å². The summed E-state index contributed by atoms with van der Waals surface area (Å²) in [6.07, 6.45) is 0. The zero-order valence-corrected chi connectivity index (χ0v) is 11.5. The molecule has 0 aliphatic carbocycles. The Balaban J connectivity index is 2.57. The van der Waals surface area contributed by atoms with Crippen molar-refractivity contribution in [2.24, 2.45) is 5.14 Å². The Kier molecular flexibility index (Phi) is 5.74. The summed E-state index contributed by atoms with van der Waals surface area (Å²) in [4.78, 5) is 0.132. The summed E-state index contributed by atoms with van der Waals surface area (Å²) in [6, 6.07) is 6.70. The molecule has 0 spiro atoms. The predicted octanol–water partition coefficient (Wildman–Crippen LogP) is 1.02. The van der Waals surface area contributed by atoms with Crippen LogP contribution in [0.3, 0.4) is 0 Å². The van der Waals surface area contributed by atoms with Crippen LogP contribution >= 0.6 is 0 Å². The molecule has 0 saturated carbocycles. The number of benzene rings is 1. The second-order valence-electron chi connectivity index (χ2n) is 3.99. The molecule has 0 fully saturated rings. The third-order valence-corrected chi connectivity index (χ3v) is 3.54. The molecule has 1 rings (SSSR count). The molecule has 0 heterocycles. The average molecular weight is 272 g/mol. The van der Waals surface area contributed by atoms with Gasteiger partial charge in [0.05, 0.1) is 11.5 Å². The maximum Gasteiger partial charge on any atom is 0.238 e. The van der Waals surface area contributed by atoms with Crippen molar-refractivity contribution in [3.05, 3.63) is 29.8 Å². The van der Waals surface area contributed by atoms with E-state index in [1.165, 1.54) is 12.1 Å². The van der Waals surface area contributed by atoms with Gasteiger partial charge in [0.25, 0.3) is 0 Å². The van der Waals surface area contributed by atoms with Gasteiger partial charge >= 0.3 is 0 Å². The Morgan fingerprint density at radius 1 is 1.33 bits per heavy atom. The topological polar surface area (TPSA) is 81.4 Å². The first-order valence-electron chi connectivity index (χ1n) is 5.89. The van der Waals surface area contributed by atoms with Gasteiger partial charge in [0.1, 0.15) is 0 Å². The SMILES string of the molecule is CCOCCNC(C)c1ccc(S(N)(=O)=O)cc1. The summed E-state index contributed by atoms with van der Waals surface area (Å²) < 4.78 is 27.4. The van der Waals surface area contributed by atoms with Gasteiger partial charge in [-0.15, -0.1) is 0 Å². The van der Waals surface area contributed by atoms with Gasteiger partial charge in [0.15, 0.2) is 0 Å². The maximum atomic E-state index is 11.1. The van der Waals surface area contributed by atoms with Crippen molar-refractivity contribution < 1.29 is 13.2 Å². The minimum absolute atomic E-state index is 0.132. The third-order valence-electron chi connectivity index (χ3n) is 2.61. The molecule has 18 heavy (non-hydrogen) atoms. The molecule has 0 bridgehead atoms. The molecule has 0 aromatic heterocycles. The number of rotatable bonds is 7. The fourth-order valence-corrected chi connectivity index (χ4v) is 2.07. The number of ether oxygens (including phenoxy) is 1. The molecule has 0 saturated heterocycles. The van der Waals surface area contributed by atoms with Crippen LogP contribution in [0.4, 0.5) is 0 Å². The van der Waals surface area contributed by atoms with E-state index in [1.807, 2.05) is 13.8 Å². The van der Waals surface area contributed by atoms with Crippen LogP contribution in [0.25, 0.3) is 0 Å². The van der Waals surface area contributed by atoms with E-state index in [4.69, 9.17) is 9.88 Å². The number of nitrogens with one attached hydrogen (secondary N) is 1. The lowest BCUT2D eigenvalue weighted by Gasteiger charge is -2.14. The number of sulfonamides is 1. The molecule has 1 aromatic rings. The highest BCUT2D eigenvalue weighted by Crippen LogP contribution is 2.15. The van der Waals surface area contributed by atoms with Gasteiger partial charge in [-0.25, -0.2) is 13.6 Å². The van der Waals surface area contributed by atoms with Crippen molar-refractivity contribution in [3.63, 3.8) is 0 Å². The lowest BCUT2D eigenvalue weighted by atomic mass is 10.1. The summed E-state index contributed by atoms with van der Waals surface area (Å²) in [7, 11) is -3.61. The minimum Gasteiger partial charge on any atom is -0.380 e. The highest BCUT2D eigenvalue weighted by molar-refractivity contribution is 7.89. The van der Waals surface area contributed by atoms with Crippen LogP contribution < -0.4 is 10.5 Å². The fraction of sp³-hybridized carbons (Fsp3) is 0.500. The van der Waals surface area contributed by atoms with E-state index in [0.29, 0.717) is 13.2 Å². The maximum absolute atomic E-state index is 11.1. The predicted molar refractivity (Wildman–Crippen MR) is 70.7 cm³/mol. The zero-order chi connectivity index (χ0) is 13.6. The first kappa shape index (κ1) is 15.1. The van der Waals surface area contributed by atoms with Gasteiger partial charge < -0.3 is 10.1 Å². The number of hydrogen-bond acceptors (Lipinski definition) is 4. The molecule has 6 heteroatoms. The fourth-order valence-electron chi connectivity index (χ4n) is 1.56. The van der Waals surface area contributed by atoms with Crippen LogP contribution in [0.1, 0.15) is 25.5 Å². The van der Waals surface area contributed by atoms with Crippen LogP contribution in [0.2, 0.25) is 0 Å². The smallest absolute Gasteiger partial charge is 0.238 e. The molecule has 0 aliphatic rings. The highest BCUT2D eigenvalue weighted by atomic mass is 32.2. The standard InChI is InChI=1S/C12H20N2O3S/c1-3-17-9-8-14-10(2)11-4-6-12(7-5-11)18(13,15)16/h4-7,10,14H,3,8-9H2,1-2H3,(H2,13,15,16). The molecule has 0 radical (unpaired) electrons.